The van der Waals surface area contributed by atoms with Gasteiger partial charge in [0, 0.05) is 5.54 Å². The number of carboxylic acid groups (broad SMARTS) is 1. The van der Waals surface area contributed by atoms with Crippen LogP contribution in [0.1, 0.15) is 50.5 Å². The molecule has 0 bridgehead atoms. The molecule has 1 aromatic rings. The quantitative estimate of drug-likeness (QED) is 0.795. The summed E-state index contributed by atoms with van der Waals surface area (Å²) in [5.41, 5.74) is -0.0231. The average Bonchev–Trinajstić information content (AvgIpc) is 2.37. The van der Waals surface area contributed by atoms with Gasteiger partial charge in [-0.1, -0.05) is 20.8 Å². The molecule has 2 N–H and O–H groups in total. The topological polar surface area (TPSA) is 75.1 Å². The number of hydrogen-bond donors (Lipinski definition) is 2. The second kappa shape index (κ2) is 5.61. The third-order valence-corrected chi connectivity index (χ3v) is 3.31. The lowest BCUT2D eigenvalue weighted by Gasteiger charge is -2.32. The van der Waals surface area contributed by atoms with E-state index in [-0.39, 0.29) is 11.2 Å². The monoisotopic (exact) mass is 237 g/mol. The third kappa shape index (κ3) is 3.15. The lowest BCUT2D eigenvalue weighted by atomic mass is 9.90. The van der Waals surface area contributed by atoms with Crippen LogP contribution < -0.4 is 5.32 Å². The van der Waals surface area contributed by atoms with Crippen molar-refractivity contribution in [2.24, 2.45) is 0 Å². The summed E-state index contributed by atoms with van der Waals surface area (Å²) < 4.78 is 0. The van der Waals surface area contributed by atoms with Gasteiger partial charge in [0.1, 0.15) is 5.82 Å². The Morgan fingerprint density at radius 1 is 1.24 bits per heavy atom. The minimum absolute atomic E-state index is 0.0133. The van der Waals surface area contributed by atoms with Gasteiger partial charge in [-0.15, -0.1) is 10.2 Å². The molecular formula is C12H19N3O2. The Morgan fingerprint density at radius 2 is 1.82 bits per heavy atom. The highest BCUT2D eigenvalue weighted by Gasteiger charge is 2.23. The van der Waals surface area contributed by atoms with Crippen molar-refractivity contribution in [3.05, 3.63) is 17.8 Å². The number of nitrogens with one attached hydrogen (secondary N) is 1. The summed E-state index contributed by atoms with van der Waals surface area (Å²) in [5.74, 6) is -0.433. The van der Waals surface area contributed by atoms with Crippen LogP contribution in [0.15, 0.2) is 12.1 Å². The van der Waals surface area contributed by atoms with Crippen molar-refractivity contribution in [2.75, 3.05) is 5.32 Å². The first-order valence-electron chi connectivity index (χ1n) is 5.92. The number of nitrogens with zero attached hydrogens (tertiary/aromatic N) is 2. The molecule has 5 nitrogen and oxygen atoms in total. The van der Waals surface area contributed by atoms with Crippen LogP contribution >= 0.6 is 0 Å². The van der Waals surface area contributed by atoms with Gasteiger partial charge >= 0.3 is 5.97 Å². The molecule has 94 valence electrons. The molecule has 0 amide bonds. The minimum Gasteiger partial charge on any atom is -0.476 e. The van der Waals surface area contributed by atoms with Crippen LogP contribution in [-0.4, -0.2) is 26.8 Å². The summed E-state index contributed by atoms with van der Waals surface area (Å²) in [6.45, 7) is 6.37. The molecule has 0 fully saturated rings. The smallest absolute Gasteiger partial charge is 0.356 e. The highest BCUT2D eigenvalue weighted by atomic mass is 16.4. The van der Waals surface area contributed by atoms with Crippen molar-refractivity contribution >= 4 is 11.8 Å². The fourth-order valence-corrected chi connectivity index (χ4v) is 1.80. The molecule has 1 heterocycles. The molecule has 1 aromatic heterocycles. The van der Waals surface area contributed by atoms with Crippen LogP contribution in [-0.2, 0) is 0 Å². The summed E-state index contributed by atoms with van der Waals surface area (Å²) in [6.07, 6.45) is 2.97. The Labute approximate surface area is 101 Å². The normalized spacial score (nSPS) is 11.2. The summed E-state index contributed by atoms with van der Waals surface area (Å²) in [6, 6.07) is 3.12. The Bertz CT molecular complexity index is 364. The Balaban J connectivity index is 2.84. The molecule has 0 aliphatic heterocycles. The maximum atomic E-state index is 10.6. The molecule has 0 atom stereocenters. The molecule has 0 aromatic carbocycles. The SMILES string of the molecule is CCC(CC)(CC)Nc1ccc(C(=O)O)nn1. The second-order valence-electron chi connectivity index (χ2n) is 4.07. The van der Waals surface area contributed by atoms with E-state index in [0.717, 1.165) is 19.3 Å². The zero-order valence-corrected chi connectivity index (χ0v) is 10.5. The van der Waals surface area contributed by atoms with Gasteiger partial charge in [0.2, 0.25) is 0 Å². The van der Waals surface area contributed by atoms with Gasteiger partial charge in [-0.25, -0.2) is 4.79 Å². The van der Waals surface area contributed by atoms with Crippen molar-refractivity contribution in [1.82, 2.24) is 10.2 Å². The fourth-order valence-electron chi connectivity index (χ4n) is 1.80. The van der Waals surface area contributed by atoms with Crippen molar-refractivity contribution in [3.63, 3.8) is 0 Å². The fraction of sp³-hybridized carbons (Fsp3) is 0.583. The van der Waals surface area contributed by atoms with Crippen LogP contribution in [0.5, 0.6) is 0 Å². The first-order valence-corrected chi connectivity index (χ1v) is 5.92. The van der Waals surface area contributed by atoms with Gasteiger partial charge in [0.15, 0.2) is 5.69 Å². The average molecular weight is 237 g/mol. The second-order valence-corrected chi connectivity index (χ2v) is 4.07. The summed E-state index contributed by atoms with van der Waals surface area (Å²) in [7, 11) is 0. The first-order chi connectivity index (χ1) is 8.06. The van der Waals surface area contributed by atoms with Gasteiger partial charge in [-0.3, -0.25) is 0 Å². The molecule has 0 aliphatic carbocycles. The number of anilines is 1. The molecule has 0 saturated heterocycles. The van der Waals surface area contributed by atoms with Gasteiger partial charge < -0.3 is 10.4 Å². The number of hydrogen-bond acceptors (Lipinski definition) is 4. The van der Waals surface area contributed by atoms with E-state index in [1.165, 1.54) is 6.07 Å². The summed E-state index contributed by atoms with van der Waals surface area (Å²) >= 11 is 0. The van der Waals surface area contributed by atoms with Gasteiger partial charge in [0.05, 0.1) is 0 Å². The number of aromatic nitrogens is 2. The number of aromatic carboxylic acids is 1. The van der Waals surface area contributed by atoms with Crippen LogP contribution in [0.4, 0.5) is 5.82 Å². The van der Waals surface area contributed by atoms with Crippen LogP contribution in [0.25, 0.3) is 0 Å². The molecule has 0 radical (unpaired) electrons. The third-order valence-electron chi connectivity index (χ3n) is 3.31. The van der Waals surface area contributed by atoms with Gasteiger partial charge in [0.25, 0.3) is 0 Å². The van der Waals surface area contributed by atoms with E-state index in [0.29, 0.717) is 5.82 Å². The first kappa shape index (κ1) is 13.4. The van der Waals surface area contributed by atoms with E-state index < -0.39 is 5.97 Å². The van der Waals surface area contributed by atoms with Crippen LogP contribution in [0.3, 0.4) is 0 Å². The lowest BCUT2D eigenvalue weighted by Crippen LogP contribution is -2.36. The molecule has 17 heavy (non-hydrogen) atoms. The summed E-state index contributed by atoms with van der Waals surface area (Å²) in [4.78, 5) is 10.6. The Hall–Kier alpha value is -1.65. The van der Waals surface area contributed by atoms with E-state index in [1.807, 2.05) is 0 Å². The molecule has 0 spiro atoms. The molecule has 5 heteroatoms. The van der Waals surface area contributed by atoms with Crippen LogP contribution in [0, 0.1) is 0 Å². The Kier molecular flexibility index (Phi) is 4.43. The predicted octanol–water partition coefficient (Wildman–Crippen LogP) is 2.56. The molecule has 1 rings (SSSR count). The highest BCUT2D eigenvalue weighted by molar-refractivity contribution is 5.85. The Morgan fingerprint density at radius 3 is 2.18 bits per heavy atom. The maximum absolute atomic E-state index is 10.6. The lowest BCUT2D eigenvalue weighted by molar-refractivity contribution is 0.0689. The zero-order chi connectivity index (χ0) is 12.9. The van der Waals surface area contributed by atoms with Gasteiger partial charge in [-0.2, -0.15) is 0 Å². The minimum atomic E-state index is -1.06. The summed E-state index contributed by atoms with van der Waals surface area (Å²) in [5, 5.41) is 19.6. The molecule has 0 unspecified atom stereocenters. The predicted molar refractivity (Wildman–Crippen MR) is 66.2 cm³/mol. The molecule has 0 aliphatic rings. The van der Waals surface area contributed by atoms with Crippen molar-refractivity contribution in [2.45, 2.75) is 45.6 Å². The number of carboxylic acids is 1. The molecular weight excluding hydrogens is 218 g/mol. The van der Waals surface area contributed by atoms with Crippen molar-refractivity contribution < 1.29 is 9.90 Å². The highest BCUT2D eigenvalue weighted by Crippen LogP contribution is 2.24. The van der Waals surface area contributed by atoms with Crippen molar-refractivity contribution in [1.29, 1.82) is 0 Å². The van der Waals surface area contributed by atoms with E-state index >= 15 is 0 Å². The maximum Gasteiger partial charge on any atom is 0.356 e. The number of rotatable bonds is 6. The largest absolute Gasteiger partial charge is 0.476 e. The van der Waals surface area contributed by atoms with E-state index in [4.69, 9.17) is 5.11 Å². The zero-order valence-electron chi connectivity index (χ0n) is 10.5. The standard InChI is InChI=1S/C12H19N3O2/c1-4-12(5-2,6-3)13-10-8-7-9(11(16)17)14-15-10/h7-8H,4-6H2,1-3H3,(H,13,15)(H,16,17). The van der Waals surface area contributed by atoms with E-state index in [2.05, 4.69) is 36.3 Å². The van der Waals surface area contributed by atoms with Crippen LogP contribution in [0.2, 0.25) is 0 Å². The molecule has 0 saturated carbocycles. The van der Waals surface area contributed by atoms with E-state index in [9.17, 15) is 4.79 Å². The van der Waals surface area contributed by atoms with Gasteiger partial charge in [-0.05, 0) is 31.4 Å². The van der Waals surface area contributed by atoms with Crippen molar-refractivity contribution in [3.8, 4) is 0 Å². The number of carbonyl (C=O) groups is 1. The van der Waals surface area contributed by atoms with E-state index in [1.54, 1.807) is 6.07 Å².